The Morgan fingerprint density at radius 3 is 2.17 bits per heavy atom. The van der Waals surface area contributed by atoms with E-state index in [-0.39, 0.29) is 42.5 Å². The van der Waals surface area contributed by atoms with Crippen LogP contribution in [-0.4, -0.2) is 29.2 Å². The van der Waals surface area contributed by atoms with Gasteiger partial charge in [-0.25, -0.2) is 0 Å². The largest absolute Gasteiger partial charge is 0.326 e. The number of para-hydroxylation sites is 1. The molecule has 6 heteroatoms. The maximum atomic E-state index is 12.7. The Bertz CT molecular complexity index is 972. The Morgan fingerprint density at radius 1 is 0.967 bits per heavy atom. The van der Waals surface area contributed by atoms with E-state index in [1.165, 1.54) is 4.90 Å². The molecule has 3 rings (SSSR count). The van der Waals surface area contributed by atoms with E-state index < -0.39 is 0 Å². The first-order chi connectivity index (χ1) is 14.2. The molecule has 1 aliphatic heterocycles. The molecule has 0 fully saturated rings. The molecule has 0 unspecified atom stereocenters. The molecular weight excluding hydrogens is 444 g/mol. The van der Waals surface area contributed by atoms with E-state index in [0.29, 0.717) is 17.5 Å². The van der Waals surface area contributed by atoms with E-state index in [1.807, 2.05) is 18.2 Å². The molecule has 0 aromatic heterocycles. The zero-order valence-electron chi connectivity index (χ0n) is 17.8. The summed E-state index contributed by atoms with van der Waals surface area (Å²) in [6, 6.07) is 11.2. The molecule has 0 radical (unpaired) electrons. The Morgan fingerprint density at radius 2 is 1.57 bits per heavy atom. The molecule has 0 atom stereocenters. The molecule has 158 valence electrons. The molecule has 5 nitrogen and oxygen atoms in total. The van der Waals surface area contributed by atoms with Crippen LogP contribution in [0.5, 0.6) is 0 Å². The van der Waals surface area contributed by atoms with Crippen LogP contribution >= 0.6 is 15.9 Å². The number of nitrogens with zero attached hydrogens (tertiary/aromatic N) is 1. The third-order valence-corrected chi connectivity index (χ3v) is 5.85. The quantitative estimate of drug-likeness (QED) is 0.526. The maximum absolute atomic E-state index is 12.7. The maximum Gasteiger partial charge on any atom is 0.261 e. The predicted molar refractivity (Wildman–Crippen MR) is 122 cm³/mol. The third-order valence-electron chi connectivity index (χ3n) is 5.36. The van der Waals surface area contributed by atoms with E-state index >= 15 is 0 Å². The highest BCUT2D eigenvalue weighted by atomic mass is 79.9. The van der Waals surface area contributed by atoms with E-state index in [1.54, 1.807) is 18.2 Å². The fourth-order valence-corrected chi connectivity index (χ4v) is 4.12. The first-order valence-corrected chi connectivity index (χ1v) is 11.1. The molecule has 0 spiro atoms. The number of nitrogens with one attached hydrogen (secondary N) is 1. The zero-order valence-corrected chi connectivity index (χ0v) is 19.4. The number of carbonyl (C=O) groups is 3. The molecule has 0 saturated carbocycles. The number of hydrogen-bond donors (Lipinski definition) is 1. The number of carbonyl (C=O) groups excluding carboxylic acids is 3. The number of rotatable bonds is 7. The van der Waals surface area contributed by atoms with Crippen molar-refractivity contribution in [2.75, 3.05) is 11.9 Å². The van der Waals surface area contributed by atoms with Crippen molar-refractivity contribution in [1.82, 2.24) is 4.90 Å². The molecule has 2 aromatic rings. The van der Waals surface area contributed by atoms with E-state index in [9.17, 15) is 14.4 Å². The minimum absolute atomic E-state index is 0.107. The van der Waals surface area contributed by atoms with Crippen molar-refractivity contribution in [2.45, 2.75) is 52.4 Å². The molecule has 30 heavy (non-hydrogen) atoms. The van der Waals surface area contributed by atoms with Crippen molar-refractivity contribution in [1.29, 1.82) is 0 Å². The monoisotopic (exact) mass is 470 g/mol. The van der Waals surface area contributed by atoms with Gasteiger partial charge in [0.1, 0.15) is 0 Å². The van der Waals surface area contributed by atoms with Crippen molar-refractivity contribution in [2.24, 2.45) is 0 Å². The first kappa shape index (κ1) is 22.2. The summed E-state index contributed by atoms with van der Waals surface area (Å²) >= 11 is 3.33. The van der Waals surface area contributed by atoms with Gasteiger partial charge < -0.3 is 5.32 Å². The Hall–Kier alpha value is -2.47. The van der Waals surface area contributed by atoms with Gasteiger partial charge in [0.25, 0.3) is 11.8 Å². The highest BCUT2D eigenvalue weighted by Gasteiger charge is 2.35. The highest BCUT2D eigenvalue weighted by molar-refractivity contribution is 9.10. The van der Waals surface area contributed by atoms with Gasteiger partial charge in [0.2, 0.25) is 5.91 Å². The van der Waals surface area contributed by atoms with Gasteiger partial charge in [-0.05, 0) is 47.6 Å². The van der Waals surface area contributed by atoms with Crippen LogP contribution in [0.1, 0.15) is 84.2 Å². The van der Waals surface area contributed by atoms with Crippen molar-refractivity contribution in [3.05, 3.63) is 63.1 Å². The molecule has 1 aliphatic rings. The van der Waals surface area contributed by atoms with E-state index in [2.05, 4.69) is 48.9 Å². The van der Waals surface area contributed by atoms with Crippen molar-refractivity contribution in [3.8, 4) is 0 Å². The third kappa shape index (κ3) is 4.48. The van der Waals surface area contributed by atoms with Crippen LogP contribution in [0.3, 0.4) is 0 Å². The predicted octanol–water partition coefficient (Wildman–Crippen LogP) is 5.71. The number of amides is 3. The smallest absolute Gasteiger partial charge is 0.261 e. The van der Waals surface area contributed by atoms with Crippen LogP contribution in [0.15, 0.2) is 40.9 Å². The fourth-order valence-electron chi connectivity index (χ4n) is 3.76. The van der Waals surface area contributed by atoms with Gasteiger partial charge in [0, 0.05) is 23.1 Å². The SMILES string of the molecule is CC(C)c1cccc(C(C)C)c1NC(=O)CCCN1C(=O)c2ccc(Br)cc2C1=O. The van der Waals surface area contributed by atoms with Gasteiger partial charge >= 0.3 is 0 Å². The van der Waals surface area contributed by atoms with Gasteiger partial charge in [-0.2, -0.15) is 0 Å². The lowest BCUT2D eigenvalue weighted by Crippen LogP contribution is -2.31. The molecule has 0 saturated heterocycles. The number of imide groups is 1. The molecule has 0 bridgehead atoms. The molecule has 1 N–H and O–H groups in total. The highest BCUT2D eigenvalue weighted by Crippen LogP contribution is 2.32. The normalized spacial score (nSPS) is 13.4. The van der Waals surface area contributed by atoms with Crippen molar-refractivity contribution < 1.29 is 14.4 Å². The van der Waals surface area contributed by atoms with Crippen LogP contribution in [0, 0.1) is 0 Å². The topological polar surface area (TPSA) is 66.5 Å². The number of benzene rings is 2. The van der Waals surface area contributed by atoms with E-state index in [4.69, 9.17) is 0 Å². The van der Waals surface area contributed by atoms with Gasteiger partial charge in [-0.3, -0.25) is 19.3 Å². The molecule has 2 aromatic carbocycles. The molecule has 3 amide bonds. The molecule has 1 heterocycles. The lowest BCUT2D eigenvalue weighted by Gasteiger charge is -2.20. The van der Waals surface area contributed by atoms with Crippen LogP contribution in [0.25, 0.3) is 0 Å². The second-order valence-electron chi connectivity index (χ2n) is 8.22. The van der Waals surface area contributed by atoms with Crippen molar-refractivity contribution in [3.63, 3.8) is 0 Å². The van der Waals surface area contributed by atoms with Gasteiger partial charge in [-0.15, -0.1) is 0 Å². The Kier molecular flexibility index (Phi) is 6.76. The average molecular weight is 471 g/mol. The summed E-state index contributed by atoms with van der Waals surface area (Å²) in [5, 5.41) is 3.08. The first-order valence-electron chi connectivity index (χ1n) is 10.3. The van der Waals surface area contributed by atoms with Crippen molar-refractivity contribution >= 4 is 39.3 Å². The minimum atomic E-state index is -0.302. The van der Waals surface area contributed by atoms with E-state index in [0.717, 1.165) is 21.3 Å². The van der Waals surface area contributed by atoms with Crippen LogP contribution in [0.2, 0.25) is 0 Å². The summed E-state index contributed by atoms with van der Waals surface area (Å²) in [6.07, 6.45) is 0.653. The summed E-state index contributed by atoms with van der Waals surface area (Å²) in [5.41, 5.74) is 3.94. The lowest BCUT2D eigenvalue weighted by atomic mass is 9.92. The van der Waals surface area contributed by atoms with Gasteiger partial charge in [-0.1, -0.05) is 61.8 Å². The second kappa shape index (κ2) is 9.13. The summed E-state index contributed by atoms with van der Waals surface area (Å²) in [7, 11) is 0. The number of fused-ring (bicyclic) bond motifs is 1. The number of halogens is 1. The minimum Gasteiger partial charge on any atom is -0.326 e. The summed E-state index contributed by atoms with van der Waals surface area (Å²) in [4.78, 5) is 38.9. The fraction of sp³-hybridized carbons (Fsp3) is 0.375. The van der Waals surface area contributed by atoms with Crippen LogP contribution in [0.4, 0.5) is 5.69 Å². The van der Waals surface area contributed by atoms with Crippen LogP contribution < -0.4 is 5.32 Å². The van der Waals surface area contributed by atoms with Gasteiger partial charge in [0.15, 0.2) is 0 Å². The lowest BCUT2D eigenvalue weighted by molar-refractivity contribution is -0.116. The molecule has 0 aliphatic carbocycles. The standard InChI is InChI=1S/C24H27BrN2O3/c1-14(2)17-7-5-8-18(15(3)4)22(17)26-21(28)9-6-12-27-23(29)19-11-10-16(25)13-20(19)24(27)30/h5,7-8,10-11,13-15H,6,9,12H2,1-4H3,(H,26,28). The summed E-state index contributed by atoms with van der Waals surface area (Å²) in [6.45, 7) is 8.65. The summed E-state index contributed by atoms with van der Waals surface area (Å²) in [5.74, 6) is -0.128. The van der Waals surface area contributed by atoms with Gasteiger partial charge in [0.05, 0.1) is 11.1 Å². The molecular formula is C24H27BrN2O3. The Balaban J connectivity index is 1.64. The van der Waals surface area contributed by atoms with Crippen LogP contribution in [-0.2, 0) is 4.79 Å². The average Bonchev–Trinajstić information content (AvgIpc) is 2.92. The summed E-state index contributed by atoms with van der Waals surface area (Å²) < 4.78 is 0.758. The zero-order chi connectivity index (χ0) is 22.0. The Labute approximate surface area is 186 Å². The number of anilines is 1. The second-order valence-corrected chi connectivity index (χ2v) is 9.14. The number of hydrogen-bond acceptors (Lipinski definition) is 3.